The number of carbonyl (C=O) groups is 1. The molecule has 7 heteroatoms. The zero-order valence-electron chi connectivity index (χ0n) is 14.9. The van der Waals surface area contributed by atoms with Crippen LogP contribution in [0.3, 0.4) is 0 Å². The van der Waals surface area contributed by atoms with Gasteiger partial charge in [-0.3, -0.25) is 10.1 Å². The number of aliphatic imine (C=N–C) groups is 1. The fourth-order valence-corrected chi connectivity index (χ4v) is 1.73. The van der Waals surface area contributed by atoms with Crippen molar-refractivity contribution in [3.05, 3.63) is 29.8 Å². The predicted molar refractivity (Wildman–Crippen MR) is 93.8 cm³/mol. The summed E-state index contributed by atoms with van der Waals surface area (Å²) >= 11 is 0. The molecule has 1 rings (SSSR count). The Kier molecular flexibility index (Phi) is 9.48. The second kappa shape index (κ2) is 11.4. The Morgan fingerprint density at radius 3 is 2.50 bits per heavy atom. The van der Waals surface area contributed by atoms with Gasteiger partial charge in [0.1, 0.15) is 12.4 Å². The second-order valence-corrected chi connectivity index (χ2v) is 5.22. The summed E-state index contributed by atoms with van der Waals surface area (Å²) in [6.45, 7) is 4.60. The molecule has 1 N–H and O–H groups in total. The molecule has 1 aromatic carbocycles. The van der Waals surface area contributed by atoms with E-state index in [2.05, 4.69) is 10.3 Å². The third-order valence-corrected chi connectivity index (χ3v) is 3.05. The molecule has 0 saturated carbocycles. The van der Waals surface area contributed by atoms with Gasteiger partial charge < -0.3 is 19.1 Å². The molecule has 0 spiro atoms. The van der Waals surface area contributed by atoms with E-state index in [0.717, 1.165) is 6.54 Å². The number of ether oxygens (including phenoxy) is 3. The maximum atomic E-state index is 12.3. The minimum Gasteiger partial charge on any atom is -0.497 e. The minimum atomic E-state index is -0.280. The number of likely N-dealkylation sites (N-methyl/N-ethyl adjacent to an activating group) is 1. The molecular formula is C17H27N3O4. The van der Waals surface area contributed by atoms with Crippen molar-refractivity contribution in [2.24, 2.45) is 4.99 Å². The average molecular weight is 337 g/mol. The van der Waals surface area contributed by atoms with E-state index in [1.807, 2.05) is 25.9 Å². The summed E-state index contributed by atoms with van der Waals surface area (Å²) in [5.41, 5.74) is 0.504. The summed E-state index contributed by atoms with van der Waals surface area (Å²) in [5.74, 6) is 0.414. The topological polar surface area (TPSA) is 72.4 Å². The lowest BCUT2D eigenvalue weighted by Gasteiger charge is -2.12. The van der Waals surface area contributed by atoms with Crippen molar-refractivity contribution < 1.29 is 19.0 Å². The number of benzene rings is 1. The van der Waals surface area contributed by atoms with Crippen LogP contribution in [0, 0.1) is 0 Å². The van der Waals surface area contributed by atoms with Gasteiger partial charge in [-0.05, 0) is 45.3 Å². The number of nitrogens with zero attached hydrogens (tertiary/aromatic N) is 2. The van der Waals surface area contributed by atoms with Crippen LogP contribution in [-0.2, 0) is 9.47 Å². The van der Waals surface area contributed by atoms with Gasteiger partial charge in [0.25, 0.3) is 11.9 Å². The number of amidine groups is 1. The third-order valence-electron chi connectivity index (χ3n) is 3.05. The highest BCUT2D eigenvalue weighted by Crippen LogP contribution is 2.11. The summed E-state index contributed by atoms with van der Waals surface area (Å²) in [7, 11) is 5.50. The molecule has 0 radical (unpaired) electrons. The van der Waals surface area contributed by atoms with Crippen LogP contribution in [0.25, 0.3) is 0 Å². The van der Waals surface area contributed by atoms with Gasteiger partial charge >= 0.3 is 0 Å². The van der Waals surface area contributed by atoms with Crippen molar-refractivity contribution in [2.75, 3.05) is 54.1 Å². The van der Waals surface area contributed by atoms with Gasteiger partial charge in [0, 0.05) is 18.7 Å². The van der Waals surface area contributed by atoms with E-state index >= 15 is 0 Å². The van der Waals surface area contributed by atoms with E-state index in [1.165, 1.54) is 0 Å². The Morgan fingerprint density at radius 1 is 1.21 bits per heavy atom. The quantitative estimate of drug-likeness (QED) is 0.419. The van der Waals surface area contributed by atoms with E-state index in [9.17, 15) is 4.79 Å². The Bertz CT molecular complexity index is 515. The number of methoxy groups -OCH3 is 1. The third kappa shape index (κ3) is 7.94. The fraction of sp³-hybridized carbons (Fsp3) is 0.529. The summed E-state index contributed by atoms with van der Waals surface area (Å²) in [4.78, 5) is 18.6. The number of nitrogens with one attached hydrogen (secondary N) is 1. The highest BCUT2D eigenvalue weighted by Gasteiger charge is 2.10. The van der Waals surface area contributed by atoms with Crippen LogP contribution in [0.5, 0.6) is 5.75 Å². The lowest BCUT2D eigenvalue weighted by Crippen LogP contribution is -2.34. The Hall–Kier alpha value is -2.12. The van der Waals surface area contributed by atoms with Crippen molar-refractivity contribution in [2.45, 2.75) is 6.92 Å². The van der Waals surface area contributed by atoms with E-state index in [-0.39, 0.29) is 11.9 Å². The van der Waals surface area contributed by atoms with Crippen LogP contribution >= 0.6 is 0 Å². The zero-order chi connectivity index (χ0) is 17.8. The highest BCUT2D eigenvalue weighted by atomic mass is 16.5. The maximum Gasteiger partial charge on any atom is 0.291 e. The van der Waals surface area contributed by atoms with Gasteiger partial charge in [0.2, 0.25) is 0 Å². The van der Waals surface area contributed by atoms with E-state index in [0.29, 0.717) is 37.7 Å². The van der Waals surface area contributed by atoms with Crippen LogP contribution in [0.1, 0.15) is 17.3 Å². The van der Waals surface area contributed by atoms with Crippen LogP contribution in [0.2, 0.25) is 0 Å². The highest BCUT2D eigenvalue weighted by molar-refractivity contribution is 6.04. The molecule has 1 amide bonds. The predicted octanol–water partition coefficient (Wildman–Crippen LogP) is 1.40. The molecule has 0 saturated heterocycles. The summed E-state index contributed by atoms with van der Waals surface area (Å²) < 4.78 is 15.8. The van der Waals surface area contributed by atoms with Gasteiger partial charge in [0.15, 0.2) is 0 Å². The van der Waals surface area contributed by atoms with Crippen molar-refractivity contribution in [3.63, 3.8) is 0 Å². The molecule has 0 fully saturated rings. The molecule has 0 unspecified atom stereocenters. The van der Waals surface area contributed by atoms with Crippen molar-refractivity contribution >= 4 is 11.9 Å². The molecule has 0 aromatic heterocycles. The Morgan fingerprint density at radius 2 is 1.92 bits per heavy atom. The van der Waals surface area contributed by atoms with Crippen LogP contribution < -0.4 is 10.1 Å². The summed E-state index contributed by atoms with van der Waals surface area (Å²) in [6.07, 6.45) is 0. The molecule has 24 heavy (non-hydrogen) atoms. The molecule has 0 aliphatic rings. The number of amides is 1. The number of carbonyl (C=O) groups excluding carboxylic acids is 1. The average Bonchev–Trinajstić information content (AvgIpc) is 2.58. The van der Waals surface area contributed by atoms with Gasteiger partial charge in [0.05, 0.1) is 20.3 Å². The summed E-state index contributed by atoms with van der Waals surface area (Å²) in [5, 5.41) is 2.70. The fourth-order valence-electron chi connectivity index (χ4n) is 1.73. The minimum absolute atomic E-state index is 0.206. The largest absolute Gasteiger partial charge is 0.497 e. The normalized spacial score (nSPS) is 11.5. The summed E-state index contributed by atoms with van der Waals surface area (Å²) in [6, 6.07) is 7.04. The van der Waals surface area contributed by atoms with Gasteiger partial charge in [-0.2, -0.15) is 0 Å². The Labute approximate surface area is 143 Å². The number of rotatable bonds is 9. The molecule has 1 aromatic rings. The van der Waals surface area contributed by atoms with Crippen LogP contribution in [0.15, 0.2) is 29.3 Å². The van der Waals surface area contributed by atoms with Crippen molar-refractivity contribution in [3.8, 4) is 5.75 Å². The molecule has 0 heterocycles. The number of hydrogen-bond acceptors (Lipinski definition) is 6. The SMILES string of the molecule is CCOCCOC(=NCCN(C)C)NC(=O)c1ccc(OC)cc1. The van der Waals surface area contributed by atoms with Crippen molar-refractivity contribution in [1.29, 1.82) is 0 Å². The maximum absolute atomic E-state index is 12.3. The van der Waals surface area contributed by atoms with E-state index in [1.54, 1.807) is 31.4 Å². The lowest BCUT2D eigenvalue weighted by atomic mass is 10.2. The Balaban J connectivity index is 2.64. The molecule has 0 bridgehead atoms. The second-order valence-electron chi connectivity index (χ2n) is 5.22. The van der Waals surface area contributed by atoms with Crippen LogP contribution in [-0.4, -0.2) is 70.9 Å². The first-order valence-electron chi connectivity index (χ1n) is 7.92. The zero-order valence-corrected chi connectivity index (χ0v) is 14.9. The number of hydrogen-bond donors (Lipinski definition) is 1. The standard InChI is InChI=1S/C17H27N3O4/c1-5-23-12-13-24-17(18-10-11-20(2)3)19-16(21)14-6-8-15(22-4)9-7-14/h6-9H,5,10-13H2,1-4H3,(H,18,19,21). The van der Waals surface area contributed by atoms with Gasteiger partial charge in [-0.1, -0.05) is 0 Å². The molecule has 0 aliphatic heterocycles. The first kappa shape index (κ1) is 19.9. The van der Waals surface area contributed by atoms with Gasteiger partial charge in [-0.15, -0.1) is 0 Å². The van der Waals surface area contributed by atoms with Crippen molar-refractivity contribution in [1.82, 2.24) is 10.2 Å². The molecular weight excluding hydrogens is 310 g/mol. The smallest absolute Gasteiger partial charge is 0.291 e. The molecule has 7 nitrogen and oxygen atoms in total. The molecule has 0 atom stereocenters. The first-order valence-corrected chi connectivity index (χ1v) is 7.92. The van der Waals surface area contributed by atoms with E-state index in [4.69, 9.17) is 14.2 Å². The van der Waals surface area contributed by atoms with Crippen LogP contribution in [0.4, 0.5) is 0 Å². The van der Waals surface area contributed by atoms with Gasteiger partial charge in [-0.25, -0.2) is 4.99 Å². The monoisotopic (exact) mass is 337 g/mol. The van der Waals surface area contributed by atoms with E-state index < -0.39 is 0 Å². The molecule has 0 aliphatic carbocycles. The lowest BCUT2D eigenvalue weighted by molar-refractivity contribution is 0.0922. The molecule has 134 valence electrons. The first-order chi connectivity index (χ1) is 11.6.